The van der Waals surface area contributed by atoms with Gasteiger partial charge in [0.1, 0.15) is 22.8 Å². The van der Waals surface area contributed by atoms with Crippen molar-refractivity contribution in [3.63, 3.8) is 0 Å². The second-order valence-electron chi connectivity index (χ2n) is 8.89. The number of pyridine rings is 1. The molecule has 3 aromatic heterocycles. The molecular formula is C26H27F2N5O. The van der Waals surface area contributed by atoms with Crippen LogP contribution in [0, 0.1) is 25.5 Å². The molecule has 176 valence electrons. The maximum Gasteiger partial charge on any atom is 0.135 e. The van der Waals surface area contributed by atoms with Gasteiger partial charge in [0.05, 0.1) is 35.2 Å². The van der Waals surface area contributed by atoms with Crippen molar-refractivity contribution in [2.45, 2.75) is 58.1 Å². The fourth-order valence-electron chi connectivity index (χ4n) is 4.09. The molecule has 1 aliphatic heterocycles. The number of hydrogen-bond donors (Lipinski definition) is 0. The highest BCUT2D eigenvalue weighted by molar-refractivity contribution is 5.89. The van der Waals surface area contributed by atoms with E-state index in [1.54, 1.807) is 12.3 Å². The molecule has 6 nitrogen and oxygen atoms in total. The van der Waals surface area contributed by atoms with Crippen molar-refractivity contribution in [2.75, 3.05) is 6.61 Å². The van der Waals surface area contributed by atoms with Crippen molar-refractivity contribution in [1.82, 2.24) is 24.7 Å². The van der Waals surface area contributed by atoms with E-state index < -0.39 is 11.6 Å². The quantitative estimate of drug-likeness (QED) is 0.370. The summed E-state index contributed by atoms with van der Waals surface area (Å²) in [7, 11) is 0. The number of aryl methyl sites for hydroxylation is 2. The van der Waals surface area contributed by atoms with Gasteiger partial charge < -0.3 is 4.74 Å². The molecule has 8 heteroatoms. The van der Waals surface area contributed by atoms with Crippen LogP contribution in [0.3, 0.4) is 0 Å². The first-order valence-corrected chi connectivity index (χ1v) is 11.7. The van der Waals surface area contributed by atoms with Crippen molar-refractivity contribution < 1.29 is 13.5 Å². The first kappa shape index (κ1) is 22.5. The number of benzene rings is 1. The summed E-state index contributed by atoms with van der Waals surface area (Å²) in [5.74, 6) is -1.28. The molecule has 2 aliphatic rings. The van der Waals surface area contributed by atoms with Crippen LogP contribution in [0.5, 0.6) is 0 Å². The molecule has 0 spiro atoms. The topological polar surface area (TPSA) is 65.7 Å². The SMILES string of the molecule is Cc1nc2ccnc(-c3ccc(F)cc3F)c2nc1C.c1nn(C2CC2)cc1C1CCCCO1. The van der Waals surface area contributed by atoms with Gasteiger partial charge in [-0.15, -0.1) is 0 Å². The van der Waals surface area contributed by atoms with Crippen molar-refractivity contribution in [3.8, 4) is 11.3 Å². The van der Waals surface area contributed by atoms with Crippen molar-refractivity contribution in [1.29, 1.82) is 0 Å². The van der Waals surface area contributed by atoms with E-state index in [2.05, 4.69) is 30.9 Å². The molecule has 4 heterocycles. The van der Waals surface area contributed by atoms with Crippen LogP contribution in [0.4, 0.5) is 8.78 Å². The number of aromatic nitrogens is 5. The minimum absolute atomic E-state index is 0.217. The summed E-state index contributed by atoms with van der Waals surface area (Å²) in [6.07, 6.45) is 12.3. The average molecular weight is 464 g/mol. The summed E-state index contributed by atoms with van der Waals surface area (Å²) in [4.78, 5) is 13.0. The summed E-state index contributed by atoms with van der Waals surface area (Å²) in [5.41, 5.74) is 4.59. The molecule has 1 aliphatic carbocycles. The van der Waals surface area contributed by atoms with Crippen LogP contribution in [0.2, 0.25) is 0 Å². The Kier molecular flexibility index (Phi) is 6.32. The lowest BCUT2D eigenvalue weighted by Crippen LogP contribution is -2.10. The molecule has 1 atom stereocenters. The third kappa shape index (κ3) is 4.82. The van der Waals surface area contributed by atoms with Crippen LogP contribution in [0.1, 0.15) is 61.2 Å². The smallest absolute Gasteiger partial charge is 0.135 e. The lowest BCUT2D eigenvalue weighted by atomic mass is 10.0. The fourth-order valence-corrected chi connectivity index (χ4v) is 4.09. The first-order valence-electron chi connectivity index (χ1n) is 11.7. The van der Waals surface area contributed by atoms with Crippen LogP contribution < -0.4 is 0 Å². The van der Waals surface area contributed by atoms with Gasteiger partial charge in [-0.25, -0.2) is 18.7 Å². The Morgan fingerprint density at radius 3 is 2.56 bits per heavy atom. The summed E-state index contributed by atoms with van der Waals surface area (Å²) < 4.78 is 34.8. The standard InChI is InChI=1S/C15H11F2N3.C11H16N2O/c1-8-9(2)20-15-13(19-8)5-6-18-14(15)11-4-3-10(16)7-12(11)17;1-2-6-14-11(3-1)9-7-12-13(8-9)10-4-5-10/h3-7H,1-2H3;7-8,10-11H,1-6H2. The fraction of sp³-hybridized carbons (Fsp3) is 0.385. The maximum absolute atomic E-state index is 13.9. The van der Waals surface area contributed by atoms with Gasteiger partial charge in [-0.3, -0.25) is 9.67 Å². The molecule has 6 rings (SSSR count). The Hall–Kier alpha value is -3.26. The molecule has 1 aromatic carbocycles. The molecule has 1 saturated heterocycles. The van der Waals surface area contributed by atoms with Gasteiger partial charge in [0, 0.05) is 36.2 Å². The Labute approximate surface area is 197 Å². The van der Waals surface area contributed by atoms with Gasteiger partial charge in [0.25, 0.3) is 0 Å². The molecule has 1 saturated carbocycles. The monoisotopic (exact) mass is 463 g/mol. The van der Waals surface area contributed by atoms with E-state index in [9.17, 15) is 8.78 Å². The molecule has 1 unspecified atom stereocenters. The second-order valence-corrected chi connectivity index (χ2v) is 8.89. The third-order valence-electron chi connectivity index (χ3n) is 6.27. The molecule has 0 radical (unpaired) electrons. The molecule has 34 heavy (non-hydrogen) atoms. The molecule has 4 aromatic rings. The van der Waals surface area contributed by atoms with E-state index in [1.165, 1.54) is 43.4 Å². The molecule has 2 fully saturated rings. The highest BCUT2D eigenvalue weighted by Crippen LogP contribution is 2.36. The summed E-state index contributed by atoms with van der Waals surface area (Å²) in [6, 6.07) is 5.81. The number of hydrogen-bond acceptors (Lipinski definition) is 5. The van der Waals surface area contributed by atoms with Crippen LogP contribution in [0.15, 0.2) is 42.9 Å². The van der Waals surface area contributed by atoms with Gasteiger partial charge in [-0.2, -0.15) is 5.10 Å². The summed E-state index contributed by atoms with van der Waals surface area (Å²) in [5, 5.41) is 4.39. The van der Waals surface area contributed by atoms with E-state index in [0.717, 1.165) is 30.5 Å². The Balaban J connectivity index is 0.000000150. The highest BCUT2D eigenvalue weighted by atomic mass is 19.1. The van der Waals surface area contributed by atoms with E-state index in [1.807, 2.05) is 20.0 Å². The van der Waals surface area contributed by atoms with Crippen LogP contribution in [0.25, 0.3) is 22.3 Å². The van der Waals surface area contributed by atoms with E-state index >= 15 is 0 Å². The predicted octanol–water partition coefficient (Wildman–Crippen LogP) is 6.05. The molecule has 0 N–H and O–H groups in total. The minimum atomic E-state index is -0.662. The zero-order chi connectivity index (χ0) is 23.7. The lowest BCUT2D eigenvalue weighted by molar-refractivity contribution is 0.0149. The van der Waals surface area contributed by atoms with E-state index in [-0.39, 0.29) is 5.56 Å². The van der Waals surface area contributed by atoms with Crippen molar-refractivity contribution in [3.05, 3.63) is 71.4 Å². The first-order chi connectivity index (χ1) is 16.5. The van der Waals surface area contributed by atoms with Gasteiger partial charge in [0.2, 0.25) is 0 Å². The van der Waals surface area contributed by atoms with Crippen LogP contribution >= 0.6 is 0 Å². The average Bonchev–Trinajstić information content (AvgIpc) is 3.57. The summed E-state index contributed by atoms with van der Waals surface area (Å²) in [6.45, 7) is 4.61. The van der Waals surface area contributed by atoms with Crippen molar-refractivity contribution in [2.24, 2.45) is 0 Å². The summed E-state index contributed by atoms with van der Waals surface area (Å²) >= 11 is 0. The lowest BCUT2D eigenvalue weighted by Gasteiger charge is -2.21. The number of halogens is 2. The number of rotatable bonds is 3. The maximum atomic E-state index is 13.9. The predicted molar refractivity (Wildman–Crippen MR) is 125 cm³/mol. The van der Waals surface area contributed by atoms with Crippen molar-refractivity contribution >= 4 is 11.0 Å². The van der Waals surface area contributed by atoms with Gasteiger partial charge in [-0.1, -0.05) is 0 Å². The van der Waals surface area contributed by atoms with Crippen LogP contribution in [-0.2, 0) is 4.74 Å². The van der Waals surface area contributed by atoms with E-state index in [0.29, 0.717) is 28.9 Å². The Morgan fingerprint density at radius 1 is 1.00 bits per heavy atom. The van der Waals surface area contributed by atoms with Crippen LogP contribution in [-0.4, -0.2) is 31.3 Å². The number of nitrogens with zero attached hydrogens (tertiary/aromatic N) is 5. The second kappa shape index (κ2) is 9.54. The van der Waals surface area contributed by atoms with Gasteiger partial charge >= 0.3 is 0 Å². The zero-order valence-electron chi connectivity index (χ0n) is 19.3. The Morgan fingerprint density at radius 2 is 1.82 bits per heavy atom. The third-order valence-corrected chi connectivity index (χ3v) is 6.27. The number of ether oxygens (including phenoxy) is 1. The Bertz CT molecular complexity index is 1310. The molecule has 0 amide bonds. The molecular weight excluding hydrogens is 436 g/mol. The molecule has 0 bridgehead atoms. The van der Waals surface area contributed by atoms with E-state index in [4.69, 9.17) is 4.74 Å². The number of fused-ring (bicyclic) bond motifs is 1. The van der Waals surface area contributed by atoms with Gasteiger partial charge in [0.15, 0.2) is 0 Å². The minimum Gasteiger partial charge on any atom is -0.373 e. The largest absolute Gasteiger partial charge is 0.373 e. The normalized spacial score (nSPS) is 17.9. The van der Waals surface area contributed by atoms with Gasteiger partial charge in [-0.05, 0) is 64.2 Å². The highest BCUT2D eigenvalue weighted by Gasteiger charge is 2.26. The zero-order valence-corrected chi connectivity index (χ0v) is 19.3.